The normalized spacial score (nSPS) is 16.2. The van der Waals surface area contributed by atoms with Crippen molar-refractivity contribution in [1.82, 2.24) is 14.9 Å². The third-order valence-electron chi connectivity index (χ3n) is 4.39. The molecule has 1 heterocycles. The van der Waals surface area contributed by atoms with Crippen molar-refractivity contribution in [2.45, 2.75) is 26.7 Å². The van der Waals surface area contributed by atoms with E-state index in [4.69, 9.17) is 9.47 Å². The van der Waals surface area contributed by atoms with Gasteiger partial charge in [0.2, 0.25) is 10.0 Å². The molecule has 29 heavy (non-hydrogen) atoms. The molecule has 2 N–H and O–H groups in total. The summed E-state index contributed by atoms with van der Waals surface area (Å²) >= 11 is 0. The zero-order valence-corrected chi connectivity index (χ0v) is 20.6. The fourth-order valence-corrected chi connectivity index (χ4v) is 4.57. The van der Waals surface area contributed by atoms with Crippen LogP contribution in [-0.4, -0.2) is 70.9 Å². The Balaban J connectivity index is 0.00000420. The minimum Gasteiger partial charge on any atom is -0.490 e. The summed E-state index contributed by atoms with van der Waals surface area (Å²) in [6.07, 6.45) is 1.51. The Kier molecular flexibility index (Phi) is 11.7. The maximum absolute atomic E-state index is 11.8. The Morgan fingerprint density at radius 3 is 2.45 bits per heavy atom. The number of guanidine groups is 1. The number of nitrogens with zero attached hydrogens (tertiary/aromatic N) is 2. The molecule has 0 atom stereocenters. The van der Waals surface area contributed by atoms with E-state index in [0.29, 0.717) is 51.8 Å². The Morgan fingerprint density at radius 1 is 1.14 bits per heavy atom. The molecule has 0 amide bonds. The topological polar surface area (TPSA) is 92.3 Å². The Hall–Kier alpha value is -1.27. The summed E-state index contributed by atoms with van der Waals surface area (Å²) in [6, 6.07) is 5.97. The van der Waals surface area contributed by atoms with Crippen LogP contribution < -0.4 is 20.1 Å². The second-order valence-corrected chi connectivity index (χ2v) is 8.48. The van der Waals surface area contributed by atoms with Gasteiger partial charge in [-0.2, -0.15) is 0 Å². The zero-order valence-electron chi connectivity index (χ0n) is 17.4. The van der Waals surface area contributed by atoms with Crippen LogP contribution in [0.4, 0.5) is 0 Å². The maximum atomic E-state index is 11.8. The minimum atomic E-state index is -3.05. The van der Waals surface area contributed by atoms with Gasteiger partial charge in [-0.25, -0.2) is 12.7 Å². The molecule has 0 aliphatic carbocycles. The summed E-state index contributed by atoms with van der Waals surface area (Å²) in [5.41, 5.74) is 1.14. The second-order valence-electron chi connectivity index (χ2n) is 6.39. The van der Waals surface area contributed by atoms with E-state index in [1.54, 1.807) is 7.05 Å². The molecule has 10 heteroatoms. The number of sulfonamides is 1. The molecule has 0 spiro atoms. The van der Waals surface area contributed by atoms with Gasteiger partial charge < -0.3 is 20.1 Å². The largest absolute Gasteiger partial charge is 0.490 e. The van der Waals surface area contributed by atoms with E-state index in [9.17, 15) is 8.42 Å². The molecular weight excluding hydrogens is 507 g/mol. The summed E-state index contributed by atoms with van der Waals surface area (Å²) in [4.78, 5) is 4.19. The van der Waals surface area contributed by atoms with Gasteiger partial charge in [0.1, 0.15) is 0 Å². The summed E-state index contributed by atoms with van der Waals surface area (Å²) in [6.45, 7) is 7.37. The van der Waals surface area contributed by atoms with Crippen LogP contribution in [0.1, 0.15) is 25.8 Å². The van der Waals surface area contributed by atoms with Crippen LogP contribution in [-0.2, 0) is 16.4 Å². The molecule has 1 fully saturated rings. The van der Waals surface area contributed by atoms with E-state index in [1.807, 2.05) is 32.0 Å². The van der Waals surface area contributed by atoms with Crippen LogP contribution in [0, 0.1) is 0 Å². The first-order valence-corrected chi connectivity index (χ1v) is 11.4. The third kappa shape index (κ3) is 8.17. The van der Waals surface area contributed by atoms with Gasteiger partial charge in [0, 0.05) is 33.2 Å². The first-order valence-electron chi connectivity index (χ1n) is 9.81. The minimum absolute atomic E-state index is 0. The standard InChI is InChI=1S/C19H32N4O4S.HI/c1-4-26-17-8-7-16(15-18(17)27-5-2)9-10-21-19(20-3)22-11-13-23-12-6-14-28(23,24)25;/h7-8,15H,4-6,9-14H2,1-3H3,(H2,20,21,22);1H. The Bertz CT molecular complexity index is 759. The van der Waals surface area contributed by atoms with Crippen molar-refractivity contribution < 1.29 is 17.9 Å². The smallest absolute Gasteiger partial charge is 0.214 e. The van der Waals surface area contributed by atoms with E-state index in [2.05, 4.69) is 15.6 Å². The lowest BCUT2D eigenvalue weighted by molar-refractivity contribution is 0.287. The van der Waals surface area contributed by atoms with E-state index >= 15 is 0 Å². The monoisotopic (exact) mass is 540 g/mol. The molecule has 8 nitrogen and oxygen atoms in total. The van der Waals surface area contributed by atoms with Gasteiger partial charge in [-0.15, -0.1) is 24.0 Å². The third-order valence-corrected chi connectivity index (χ3v) is 6.35. The van der Waals surface area contributed by atoms with Crippen molar-refractivity contribution in [1.29, 1.82) is 0 Å². The highest BCUT2D eigenvalue weighted by Crippen LogP contribution is 2.28. The van der Waals surface area contributed by atoms with Gasteiger partial charge in [-0.05, 0) is 44.4 Å². The molecule has 0 unspecified atom stereocenters. The molecule has 1 saturated heterocycles. The van der Waals surface area contributed by atoms with E-state index in [0.717, 1.165) is 23.5 Å². The number of nitrogens with one attached hydrogen (secondary N) is 2. The van der Waals surface area contributed by atoms with Gasteiger partial charge in [-0.1, -0.05) is 6.07 Å². The predicted molar refractivity (Wildman–Crippen MR) is 127 cm³/mol. The summed E-state index contributed by atoms with van der Waals surface area (Å²) in [7, 11) is -1.35. The van der Waals surface area contributed by atoms with Crippen LogP contribution in [0.2, 0.25) is 0 Å². The van der Waals surface area contributed by atoms with Gasteiger partial charge in [0.15, 0.2) is 17.5 Å². The molecule has 0 radical (unpaired) electrons. The van der Waals surface area contributed by atoms with Crippen LogP contribution in [0.3, 0.4) is 0 Å². The highest BCUT2D eigenvalue weighted by atomic mass is 127. The molecule has 1 aliphatic heterocycles. The number of ether oxygens (including phenoxy) is 2. The van der Waals surface area contributed by atoms with Crippen molar-refractivity contribution in [2.24, 2.45) is 4.99 Å². The van der Waals surface area contributed by atoms with Crippen LogP contribution in [0.15, 0.2) is 23.2 Å². The number of rotatable bonds is 10. The lowest BCUT2D eigenvalue weighted by Crippen LogP contribution is -2.42. The molecular formula is C19H33IN4O4S. The first-order chi connectivity index (χ1) is 13.5. The maximum Gasteiger partial charge on any atom is 0.214 e. The molecule has 166 valence electrons. The predicted octanol–water partition coefficient (Wildman–Crippen LogP) is 1.84. The Morgan fingerprint density at radius 2 is 1.83 bits per heavy atom. The molecule has 0 saturated carbocycles. The summed E-state index contributed by atoms with van der Waals surface area (Å²) in [5.74, 6) is 2.44. The van der Waals surface area contributed by atoms with Crippen LogP contribution in [0.25, 0.3) is 0 Å². The average Bonchev–Trinajstić information content (AvgIpc) is 3.01. The van der Waals surface area contributed by atoms with E-state index in [1.165, 1.54) is 4.31 Å². The van der Waals surface area contributed by atoms with Crippen molar-refractivity contribution in [3.8, 4) is 11.5 Å². The van der Waals surface area contributed by atoms with E-state index in [-0.39, 0.29) is 29.7 Å². The molecule has 1 aromatic carbocycles. The zero-order chi connectivity index (χ0) is 20.4. The van der Waals surface area contributed by atoms with Crippen molar-refractivity contribution in [3.05, 3.63) is 23.8 Å². The van der Waals surface area contributed by atoms with E-state index < -0.39 is 10.0 Å². The molecule has 1 aromatic rings. The second kappa shape index (κ2) is 13.1. The van der Waals surface area contributed by atoms with Crippen molar-refractivity contribution >= 4 is 40.0 Å². The lowest BCUT2D eigenvalue weighted by Gasteiger charge is -2.17. The Labute approximate surface area is 191 Å². The fourth-order valence-electron chi connectivity index (χ4n) is 3.04. The van der Waals surface area contributed by atoms with Crippen molar-refractivity contribution in [2.75, 3.05) is 52.2 Å². The molecule has 2 rings (SSSR count). The average molecular weight is 540 g/mol. The van der Waals surface area contributed by atoms with Gasteiger partial charge in [0.25, 0.3) is 0 Å². The van der Waals surface area contributed by atoms with Crippen LogP contribution in [0.5, 0.6) is 11.5 Å². The van der Waals surface area contributed by atoms with Gasteiger partial charge >= 0.3 is 0 Å². The SMILES string of the molecule is CCOc1ccc(CCNC(=NC)NCCN2CCCS2(=O)=O)cc1OCC.I. The lowest BCUT2D eigenvalue weighted by atomic mass is 10.1. The summed E-state index contributed by atoms with van der Waals surface area (Å²) < 4.78 is 36.4. The van der Waals surface area contributed by atoms with Crippen LogP contribution >= 0.6 is 24.0 Å². The number of halogens is 1. The highest BCUT2D eigenvalue weighted by Gasteiger charge is 2.27. The number of aliphatic imine (C=N–C) groups is 1. The highest BCUT2D eigenvalue weighted by molar-refractivity contribution is 14.0. The molecule has 0 aromatic heterocycles. The van der Waals surface area contributed by atoms with Crippen molar-refractivity contribution in [3.63, 3.8) is 0 Å². The van der Waals surface area contributed by atoms with Gasteiger partial charge in [0.05, 0.1) is 19.0 Å². The molecule has 1 aliphatic rings. The summed E-state index contributed by atoms with van der Waals surface area (Å²) in [5, 5.41) is 6.42. The number of hydrogen-bond acceptors (Lipinski definition) is 5. The quantitative estimate of drug-likeness (QED) is 0.268. The number of benzene rings is 1. The first kappa shape index (κ1) is 25.8. The fraction of sp³-hybridized carbons (Fsp3) is 0.632. The number of hydrogen-bond donors (Lipinski definition) is 2. The molecule has 0 bridgehead atoms. The van der Waals surface area contributed by atoms with Gasteiger partial charge in [-0.3, -0.25) is 4.99 Å².